The quantitative estimate of drug-likeness (QED) is 0.670. The van der Waals surface area contributed by atoms with Gasteiger partial charge in [-0.1, -0.05) is 0 Å². The molecular formula is C9H12FN3O. The second-order valence-electron chi connectivity index (χ2n) is 3.06. The van der Waals surface area contributed by atoms with Crippen molar-refractivity contribution in [2.24, 2.45) is 0 Å². The van der Waals surface area contributed by atoms with Crippen molar-refractivity contribution in [3.63, 3.8) is 0 Å². The molecule has 0 aliphatic heterocycles. The van der Waals surface area contributed by atoms with Crippen LogP contribution in [0.4, 0.5) is 20.6 Å². The third-order valence-electron chi connectivity index (χ3n) is 1.65. The molecule has 0 heterocycles. The number of carbonyl (C=O) groups is 1. The maximum atomic E-state index is 12.7. The number of nitrogens with zero attached hydrogens (tertiary/aromatic N) is 1. The second kappa shape index (κ2) is 3.95. The van der Waals surface area contributed by atoms with E-state index in [1.54, 1.807) is 14.1 Å². The Morgan fingerprint density at radius 2 is 2.14 bits per heavy atom. The molecule has 0 aromatic heterocycles. The molecule has 1 aromatic rings. The Bertz CT molecular complexity index is 352. The molecule has 1 rings (SSSR count). The maximum Gasteiger partial charge on any atom is 0.321 e. The summed E-state index contributed by atoms with van der Waals surface area (Å²) < 4.78 is 12.7. The van der Waals surface area contributed by atoms with Gasteiger partial charge in [0.05, 0.1) is 5.69 Å². The fraction of sp³-hybridized carbons (Fsp3) is 0.222. The molecule has 0 radical (unpaired) electrons. The maximum absolute atomic E-state index is 12.7. The fourth-order valence-corrected chi connectivity index (χ4v) is 0.857. The van der Waals surface area contributed by atoms with Crippen molar-refractivity contribution in [3.05, 3.63) is 24.0 Å². The molecule has 14 heavy (non-hydrogen) atoms. The molecule has 0 spiro atoms. The van der Waals surface area contributed by atoms with Gasteiger partial charge in [0, 0.05) is 19.8 Å². The molecule has 0 fully saturated rings. The van der Waals surface area contributed by atoms with E-state index in [4.69, 9.17) is 5.73 Å². The minimum atomic E-state index is -0.493. The zero-order valence-corrected chi connectivity index (χ0v) is 8.04. The molecule has 0 saturated carbocycles. The molecule has 0 atom stereocenters. The van der Waals surface area contributed by atoms with Crippen molar-refractivity contribution in [3.8, 4) is 0 Å². The third kappa shape index (κ3) is 2.35. The SMILES string of the molecule is CN(C)C(=O)Nc1ccc(F)c(N)c1. The normalized spacial score (nSPS) is 9.64. The number of hydrogen-bond donors (Lipinski definition) is 2. The van der Waals surface area contributed by atoms with Gasteiger partial charge in [-0.15, -0.1) is 0 Å². The predicted molar refractivity (Wildman–Crippen MR) is 53.5 cm³/mol. The number of urea groups is 1. The average molecular weight is 197 g/mol. The van der Waals surface area contributed by atoms with E-state index in [0.717, 1.165) is 0 Å². The van der Waals surface area contributed by atoms with Crippen LogP contribution < -0.4 is 11.1 Å². The smallest absolute Gasteiger partial charge is 0.321 e. The molecule has 0 aliphatic carbocycles. The number of benzene rings is 1. The number of hydrogen-bond acceptors (Lipinski definition) is 2. The number of rotatable bonds is 1. The Hall–Kier alpha value is -1.78. The van der Waals surface area contributed by atoms with Crippen LogP contribution in [0.5, 0.6) is 0 Å². The fourth-order valence-electron chi connectivity index (χ4n) is 0.857. The molecule has 4 nitrogen and oxygen atoms in total. The standard InChI is InChI=1S/C9H12FN3O/c1-13(2)9(14)12-6-3-4-7(10)8(11)5-6/h3-5H,11H2,1-2H3,(H,12,14). The van der Waals surface area contributed by atoms with Gasteiger partial charge in [-0.25, -0.2) is 9.18 Å². The number of anilines is 2. The monoisotopic (exact) mass is 197 g/mol. The lowest BCUT2D eigenvalue weighted by atomic mass is 10.3. The van der Waals surface area contributed by atoms with Crippen LogP contribution in [0.3, 0.4) is 0 Å². The molecule has 0 unspecified atom stereocenters. The van der Waals surface area contributed by atoms with E-state index in [9.17, 15) is 9.18 Å². The van der Waals surface area contributed by atoms with Crippen LogP contribution >= 0.6 is 0 Å². The number of nitrogens with two attached hydrogens (primary N) is 1. The van der Waals surface area contributed by atoms with Crippen molar-refractivity contribution in [2.45, 2.75) is 0 Å². The minimum absolute atomic E-state index is 0.0153. The van der Waals surface area contributed by atoms with Crippen molar-refractivity contribution in [1.29, 1.82) is 0 Å². The van der Waals surface area contributed by atoms with Crippen molar-refractivity contribution >= 4 is 17.4 Å². The summed E-state index contributed by atoms with van der Waals surface area (Å²) in [5.41, 5.74) is 5.82. The minimum Gasteiger partial charge on any atom is -0.396 e. The zero-order valence-electron chi connectivity index (χ0n) is 8.04. The van der Waals surface area contributed by atoms with E-state index < -0.39 is 5.82 Å². The highest BCUT2D eigenvalue weighted by molar-refractivity contribution is 5.89. The Morgan fingerprint density at radius 1 is 1.50 bits per heavy atom. The zero-order chi connectivity index (χ0) is 10.7. The molecule has 2 amide bonds. The number of carbonyl (C=O) groups excluding carboxylic acids is 1. The second-order valence-corrected chi connectivity index (χ2v) is 3.06. The van der Waals surface area contributed by atoms with E-state index in [2.05, 4.69) is 5.32 Å². The largest absolute Gasteiger partial charge is 0.396 e. The molecule has 3 N–H and O–H groups in total. The molecule has 0 bridgehead atoms. The van der Waals surface area contributed by atoms with Crippen LogP contribution in [0.2, 0.25) is 0 Å². The first kappa shape index (κ1) is 10.3. The lowest BCUT2D eigenvalue weighted by Crippen LogP contribution is -2.27. The third-order valence-corrected chi connectivity index (χ3v) is 1.65. The summed E-state index contributed by atoms with van der Waals surface area (Å²) >= 11 is 0. The van der Waals surface area contributed by atoms with Gasteiger partial charge >= 0.3 is 6.03 Å². The van der Waals surface area contributed by atoms with E-state index in [-0.39, 0.29) is 11.7 Å². The number of nitrogens with one attached hydrogen (secondary N) is 1. The van der Waals surface area contributed by atoms with Crippen molar-refractivity contribution in [2.75, 3.05) is 25.1 Å². The van der Waals surface area contributed by atoms with Gasteiger partial charge < -0.3 is 16.0 Å². The highest BCUT2D eigenvalue weighted by Crippen LogP contribution is 2.16. The van der Waals surface area contributed by atoms with Crippen molar-refractivity contribution in [1.82, 2.24) is 4.90 Å². The Morgan fingerprint density at radius 3 is 2.64 bits per heavy atom. The summed E-state index contributed by atoms with van der Waals surface area (Å²) in [5, 5.41) is 2.55. The van der Waals surface area contributed by atoms with Crippen LogP contribution in [-0.2, 0) is 0 Å². The van der Waals surface area contributed by atoms with Gasteiger partial charge in [0.15, 0.2) is 0 Å². The van der Waals surface area contributed by atoms with Gasteiger partial charge in [0.1, 0.15) is 5.82 Å². The van der Waals surface area contributed by atoms with Gasteiger partial charge in [-0.05, 0) is 18.2 Å². The first-order valence-corrected chi connectivity index (χ1v) is 4.04. The van der Waals surface area contributed by atoms with E-state index in [1.165, 1.54) is 23.1 Å². The number of nitrogen functional groups attached to an aromatic ring is 1. The van der Waals surface area contributed by atoms with Crippen molar-refractivity contribution < 1.29 is 9.18 Å². The van der Waals surface area contributed by atoms with Crippen LogP contribution in [0, 0.1) is 5.82 Å². The Balaban J connectivity index is 2.78. The highest BCUT2D eigenvalue weighted by atomic mass is 19.1. The summed E-state index contributed by atoms with van der Waals surface area (Å²) in [6.45, 7) is 0. The molecular weight excluding hydrogens is 185 g/mol. The van der Waals surface area contributed by atoms with Gasteiger partial charge in [0.2, 0.25) is 0 Å². The van der Waals surface area contributed by atoms with Gasteiger partial charge in [-0.2, -0.15) is 0 Å². The summed E-state index contributed by atoms with van der Waals surface area (Å²) in [4.78, 5) is 12.6. The van der Waals surface area contributed by atoms with E-state index >= 15 is 0 Å². The highest BCUT2D eigenvalue weighted by Gasteiger charge is 2.05. The number of halogens is 1. The topological polar surface area (TPSA) is 58.4 Å². The Kier molecular flexibility index (Phi) is 2.91. The summed E-state index contributed by atoms with van der Waals surface area (Å²) in [6.07, 6.45) is 0. The predicted octanol–water partition coefficient (Wildman–Crippen LogP) is 1.50. The molecule has 0 saturated heterocycles. The van der Waals surface area contributed by atoms with E-state index in [1.807, 2.05) is 0 Å². The molecule has 5 heteroatoms. The summed E-state index contributed by atoms with van der Waals surface area (Å²) in [6, 6.07) is 3.75. The van der Waals surface area contributed by atoms with Crippen LogP contribution in [-0.4, -0.2) is 25.0 Å². The molecule has 1 aromatic carbocycles. The van der Waals surface area contributed by atoms with Gasteiger partial charge in [-0.3, -0.25) is 0 Å². The molecule has 76 valence electrons. The van der Waals surface area contributed by atoms with Crippen LogP contribution in [0.1, 0.15) is 0 Å². The first-order valence-electron chi connectivity index (χ1n) is 4.04. The lowest BCUT2D eigenvalue weighted by Gasteiger charge is -2.12. The lowest BCUT2D eigenvalue weighted by molar-refractivity contribution is 0.230. The first-order chi connectivity index (χ1) is 6.50. The van der Waals surface area contributed by atoms with Crippen LogP contribution in [0.15, 0.2) is 18.2 Å². The summed E-state index contributed by atoms with van der Waals surface area (Å²) in [5.74, 6) is -0.493. The Labute approximate surface area is 81.5 Å². The molecule has 0 aliphatic rings. The average Bonchev–Trinajstić information content (AvgIpc) is 2.11. The number of amides is 2. The summed E-state index contributed by atoms with van der Waals surface area (Å²) in [7, 11) is 3.23. The van der Waals surface area contributed by atoms with Gasteiger partial charge in [0.25, 0.3) is 0 Å². The van der Waals surface area contributed by atoms with E-state index in [0.29, 0.717) is 5.69 Å². The van der Waals surface area contributed by atoms with Crippen LogP contribution in [0.25, 0.3) is 0 Å².